The standard InChI is InChI=1S/C31H42N4O4/c1-23-30(34-26-14-10-24(11-15-26)32-18-6-2-4-8-20-36)28(38)22-29(39)31(23)35-27-16-12-25(13-17-27)33-19-7-3-5-9-21-37/h10-17,22,32-34,36-37,39H,2-9,18-21H2,1H3/b35-31-. The maximum atomic E-state index is 12.7. The zero-order valence-corrected chi connectivity index (χ0v) is 22.9. The monoisotopic (exact) mass is 534 g/mol. The lowest BCUT2D eigenvalue weighted by molar-refractivity contribution is -0.111. The Morgan fingerprint density at radius 1 is 0.692 bits per heavy atom. The number of allylic oxidation sites excluding steroid dienone is 2. The van der Waals surface area contributed by atoms with Crippen LogP contribution in [0.25, 0.3) is 0 Å². The molecule has 0 amide bonds. The molecule has 1 aliphatic rings. The van der Waals surface area contributed by atoms with E-state index in [1.54, 1.807) is 6.92 Å². The van der Waals surface area contributed by atoms with E-state index >= 15 is 0 Å². The van der Waals surface area contributed by atoms with Crippen molar-refractivity contribution in [2.24, 2.45) is 4.99 Å². The minimum atomic E-state index is -0.299. The number of aliphatic hydroxyl groups is 3. The number of rotatable bonds is 17. The van der Waals surface area contributed by atoms with Gasteiger partial charge in [0.05, 0.1) is 11.4 Å². The summed E-state index contributed by atoms with van der Waals surface area (Å²) in [5, 5.41) is 38.2. The number of benzene rings is 2. The Bertz CT molecular complexity index is 1140. The number of unbranched alkanes of at least 4 members (excludes halogenated alkanes) is 6. The number of anilines is 3. The van der Waals surface area contributed by atoms with Crippen molar-refractivity contribution in [3.63, 3.8) is 0 Å². The van der Waals surface area contributed by atoms with Gasteiger partial charge in [0, 0.05) is 55.0 Å². The lowest BCUT2D eigenvalue weighted by Crippen LogP contribution is -2.22. The van der Waals surface area contributed by atoms with Crippen LogP contribution >= 0.6 is 0 Å². The van der Waals surface area contributed by atoms with Crippen molar-refractivity contribution in [1.29, 1.82) is 0 Å². The van der Waals surface area contributed by atoms with Crippen LogP contribution in [0.1, 0.15) is 58.3 Å². The van der Waals surface area contributed by atoms with Gasteiger partial charge in [0.15, 0.2) is 0 Å². The number of aliphatic hydroxyl groups excluding tert-OH is 3. The van der Waals surface area contributed by atoms with Gasteiger partial charge in [0.25, 0.3) is 0 Å². The topological polar surface area (TPSA) is 126 Å². The number of hydrogen-bond acceptors (Lipinski definition) is 8. The zero-order valence-electron chi connectivity index (χ0n) is 22.9. The maximum absolute atomic E-state index is 12.7. The minimum absolute atomic E-state index is 0.147. The van der Waals surface area contributed by atoms with Crippen molar-refractivity contribution in [1.82, 2.24) is 0 Å². The predicted molar refractivity (Wildman–Crippen MR) is 160 cm³/mol. The van der Waals surface area contributed by atoms with Gasteiger partial charge in [-0.2, -0.15) is 0 Å². The number of aliphatic imine (C=N–C) groups is 1. The van der Waals surface area contributed by atoms with E-state index < -0.39 is 0 Å². The summed E-state index contributed by atoms with van der Waals surface area (Å²) in [5.74, 6) is -0.445. The fraction of sp³-hybridized carbons (Fsp3) is 0.419. The van der Waals surface area contributed by atoms with Crippen LogP contribution in [0.3, 0.4) is 0 Å². The molecule has 0 bridgehead atoms. The highest BCUT2D eigenvalue weighted by Crippen LogP contribution is 2.26. The molecule has 0 atom stereocenters. The van der Waals surface area contributed by atoms with Crippen LogP contribution in [0.4, 0.5) is 22.7 Å². The van der Waals surface area contributed by atoms with Gasteiger partial charge in [0.1, 0.15) is 11.5 Å². The van der Waals surface area contributed by atoms with Crippen LogP contribution in [0.2, 0.25) is 0 Å². The summed E-state index contributed by atoms with van der Waals surface area (Å²) >= 11 is 0. The van der Waals surface area contributed by atoms with E-state index in [4.69, 9.17) is 10.2 Å². The normalized spacial score (nSPS) is 14.5. The Kier molecular flexibility index (Phi) is 12.6. The first-order valence-electron chi connectivity index (χ1n) is 13.9. The SMILES string of the molecule is CC1=C(Nc2ccc(NCCCCCCO)cc2)C(=O)C=C(O)/C1=N\c1ccc(NCCCCCCO)cc1. The smallest absolute Gasteiger partial charge is 0.206 e. The molecular formula is C31H42N4O4. The third kappa shape index (κ3) is 9.89. The second kappa shape index (κ2) is 16.4. The first-order valence-corrected chi connectivity index (χ1v) is 13.9. The fourth-order valence-electron chi connectivity index (χ4n) is 4.30. The number of nitrogens with one attached hydrogen (secondary N) is 3. The predicted octanol–water partition coefficient (Wildman–Crippen LogP) is 6.10. The molecule has 8 heteroatoms. The van der Waals surface area contributed by atoms with Gasteiger partial charge in [-0.25, -0.2) is 4.99 Å². The molecule has 0 saturated heterocycles. The molecule has 2 aromatic carbocycles. The molecule has 0 saturated carbocycles. The molecule has 1 aliphatic carbocycles. The Morgan fingerprint density at radius 3 is 1.72 bits per heavy atom. The van der Waals surface area contributed by atoms with Crippen LogP contribution in [0, 0.1) is 0 Å². The molecule has 6 N–H and O–H groups in total. The van der Waals surface area contributed by atoms with E-state index in [1.807, 2.05) is 48.5 Å². The van der Waals surface area contributed by atoms with Gasteiger partial charge in [-0.1, -0.05) is 25.7 Å². The quantitative estimate of drug-likeness (QED) is 0.107. The molecule has 0 heterocycles. The van der Waals surface area contributed by atoms with E-state index in [0.29, 0.717) is 22.7 Å². The number of carbonyl (C=O) groups excluding carboxylic acids is 1. The lowest BCUT2D eigenvalue weighted by atomic mass is 9.98. The van der Waals surface area contributed by atoms with Gasteiger partial charge >= 0.3 is 0 Å². The Balaban J connectivity index is 1.59. The van der Waals surface area contributed by atoms with Gasteiger partial charge in [-0.05, 0) is 81.1 Å². The Morgan fingerprint density at radius 2 is 1.18 bits per heavy atom. The Hall–Kier alpha value is -3.62. The zero-order chi connectivity index (χ0) is 27.9. The number of ketones is 1. The summed E-state index contributed by atoms with van der Waals surface area (Å²) in [5.41, 5.74) is 4.77. The van der Waals surface area contributed by atoms with Crippen molar-refractivity contribution in [3.8, 4) is 0 Å². The third-order valence-electron chi connectivity index (χ3n) is 6.58. The highest BCUT2D eigenvalue weighted by atomic mass is 16.3. The van der Waals surface area contributed by atoms with Gasteiger partial charge in [-0.3, -0.25) is 4.79 Å². The van der Waals surface area contributed by atoms with Crippen molar-refractivity contribution in [2.75, 3.05) is 42.3 Å². The van der Waals surface area contributed by atoms with Crippen molar-refractivity contribution < 1.29 is 20.1 Å². The molecule has 0 fully saturated rings. The molecule has 210 valence electrons. The first-order chi connectivity index (χ1) is 19.0. The summed E-state index contributed by atoms with van der Waals surface area (Å²) in [4.78, 5) is 17.3. The van der Waals surface area contributed by atoms with E-state index in [1.165, 1.54) is 6.08 Å². The number of nitrogens with zero attached hydrogens (tertiary/aromatic N) is 1. The second-order valence-corrected chi connectivity index (χ2v) is 9.73. The molecule has 2 aromatic rings. The van der Waals surface area contributed by atoms with E-state index in [9.17, 15) is 9.90 Å². The molecular weight excluding hydrogens is 492 g/mol. The van der Waals surface area contributed by atoms with Crippen LogP contribution < -0.4 is 16.0 Å². The van der Waals surface area contributed by atoms with Crippen LogP contribution in [0.5, 0.6) is 0 Å². The largest absolute Gasteiger partial charge is 0.506 e. The van der Waals surface area contributed by atoms with Gasteiger partial charge < -0.3 is 31.3 Å². The minimum Gasteiger partial charge on any atom is -0.506 e. The lowest BCUT2D eigenvalue weighted by Gasteiger charge is -2.19. The molecule has 8 nitrogen and oxygen atoms in total. The molecule has 39 heavy (non-hydrogen) atoms. The van der Waals surface area contributed by atoms with E-state index in [-0.39, 0.29) is 24.8 Å². The summed E-state index contributed by atoms with van der Waals surface area (Å²) in [6.07, 6.45) is 9.23. The summed E-state index contributed by atoms with van der Waals surface area (Å²) < 4.78 is 0. The number of carbonyl (C=O) groups is 1. The Labute approximate surface area is 231 Å². The van der Waals surface area contributed by atoms with Crippen LogP contribution in [0.15, 0.2) is 76.6 Å². The molecule has 3 rings (SSSR count). The van der Waals surface area contributed by atoms with Crippen LogP contribution in [-0.2, 0) is 4.79 Å². The first kappa shape index (κ1) is 29.9. The van der Waals surface area contributed by atoms with Crippen LogP contribution in [-0.4, -0.2) is 53.1 Å². The fourth-order valence-corrected chi connectivity index (χ4v) is 4.30. The average Bonchev–Trinajstić information content (AvgIpc) is 2.94. The highest BCUT2D eigenvalue weighted by molar-refractivity contribution is 6.24. The highest BCUT2D eigenvalue weighted by Gasteiger charge is 2.24. The van der Waals surface area contributed by atoms with Gasteiger partial charge in [-0.15, -0.1) is 0 Å². The second-order valence-electron chi connectivity index (χ2n) is 9.73. The van der Waals surface area contributed by atoms with Crippen molar-refractivity contribution in [3.05, 3.63) is 71.6 Å². The van der Waals surface area contributed by atoms with E-state index in [0.717, 1.165) is 81.5 Å². The van der Waals surface area contributed by atoms with Crippen molar-refractivity contribution >= 4 is 34.2 Å². The number of hydrogen-bond donors (Lipinski definition) is 6. The van der Waals surface area contributed by atoms with E-state index in [2.05, 4.69) is 20.9 Å². The molecule has 0 aliphatic heterocycles. The van der Waals surface area contributed by atoms with Gasteiger partial charge in [0.2, 0.25) is 5.78 Å². The van der Waals surface area contributed by atoms with Crippen molar-refractivity contribution in [2.45, 2.75) is 58.3 Å². The average molecular weight is 535 g/mol. The molecule has 0 spiro atoms. The molecule has 0 radical (unpaired) electrons. The summed E-state index contributed by atoms with van der Waals surface area (Å²) in [6.45, 7) is 4.02. The molecule has 0 aromatic heterocycles. The summed E-state index contributed by atoms with van der Waals surface area (Å²) in [7, 11) is 0. The molecule has 0 unspecified atom stereocenters. The summed E-state index contributed by atoms with van der Waals surface area (Å²) in [6, 6.07) is 15.4. The maximum Gasteiger partial charge on any atom is 0.206 e. The third-order valence-corrected chi connectivity index (χ3v) is 6.58.